The summed E-state index contributed by atoms with van der Waals surface area (Å²) < 4.78 is 13.8. The number of hydrogen-bond donors (Lipinski definition) is 2. The largest absolute Gasteiger partial charge is 0.348 e. The minimum absolute atomic E-state index is 0.0556. The van der Waals surface area contributed by atoms with Crippen LogP contribution >= 0.6 is 0 Å². The number of rotatable bonds is 3. The fourth-order valence-corrected chi connectivity index (χ4v) is 3.53. The molecule has 124 valence electrons. The van der Waals surface area contributed by atoms with Crippen LogP contribution in [0.1, 0.15) is 29.0 Å². The summed E-state index contributed by atoms with van der Waals surface area (Å²) in [5.74, 6) is 0.0338. The zero-order valence-electron chi connectivity index (χ0n) is 13.3. The van der Waals surface area contributed by atoms with Gasteiger partial charge in [0.1, 0.15) is 11.5 Å². The quantitative estimate of drug-likeness (QED) is 0.776. The number of aromatic nitrogens is 3. The summed E-state index contributed by atoms with van der Waals surface area (Å²) in [7, 11) is 0. The highest BCUT2D eigenvalue weighted by atomic mass is 19.1. The van der Waals surface area contributed by atoms with Crippen molar-refractivity contribution in [2.24, 2.45) is 5.92 Å². The number of carbonyl (C=O) groups is 1. The van der Waals surface area contributed by atoms with Gasteiger partial charge in [0.15, 0.2) is 0 Å². The molecule has 2 N–H and O–H groups in total. The van der Waals surface area contributed by atoms with Crippen molar-refractivity contribution in [3.05, 3.63) is 53.7 Å². The Morgan fingerprint density at radius 3 is 3.08 bits per heavy atom. The topological polar surface area (TPSA) is 64.8 Å². The normalized spacial score (nSPS) is 18.2. The molecule has 1 aliphatic rings. The zero-order chi connectivity index (χ0) is 16.5. The molecule has 1 saturated heterocycles. The van der Waals surface area contributed by atoms with Gasteiger partial charge in [-0.3, -0.25) is 9.89 Å². The Morgan fingerprint density at radius 1 is 1.38 bits per heavy atom. The lowest BCUT2D eigenvalue weighted by Gasteiger charge is -2.32. The minimum Gasteiger partial charge on any atom is -0.348 e. The second-order valence-corrected chi connectivity index (χ2v) is 6.43. The molecule has 3 aromatic rings. The van der Waals surface area contributed by atoms with Crippen LogP contribution in [-0.4, -0.2) is 39.1 Å². The van der Waals surface area contributed by atoms with Crippen LogP contribution in [0.4, 0.5) is 4.39 Å². The van der Waals surface area contributed by atoms with Crippen molar-refractivity contribution in [3.8, 4) is 0 Å². The molecule has 0 spiro atoms. The molecule has 6 heteroatoms. The van der Waals surface area contributed by atoms with Crippen molar-refractivity contribution in [2.75, 3.05) is 13.1 Å². The van der Waals surface area contributed by atoms with Crippen LogP contribution in [0, 0.1) is 11.7 Å². The first-order valence-electron chi connectivity index (χ1n) is 8.25. The molecular formula is C18H19FN4O. The molecule has 4 rings (SSSR count). The Bertz CT molecular complexity index is 855. The lowest BCUT2D eigenvalue weighted by Crippen LogP contribution is -2.40. The van der Waals surface area contributed by atoms with Gasteiger partial charge in [-0.05, 0) is 43.4 Å². The molecule has 3 heterocycles. The van der Waals surface area contributed by atoms with Crippen molar-refractivity contribution in [1.82, 2.24) is 20.1 Å². The summed E-state index contributed by atoms with van der Waals surface area (Å²) in [6, 6.07) is 8.57. The van der Waals surface area contributed by atoms with Gasteiger partial charge in [0, 0.05) is 30.4 Å². The SMILES string of the molecule is O=C(c1cc2cccc(F)c2[nH]1)N1CCCC(Cc2ccn[nH]2)C1. The van der Waals surface area contributed by atoms with Gasteiger partial charge in [0.2, 0.25) is 0 Å². The fourth-order valence-electron chi connectivity index (χ4n) is 3.53. The molecule has 0 radical (unpaired) electrons. The third kappa shape index (κ3) is 2.79. The number of piperidine rings is 1. The van der Waals surface area contributed by atoms with Gasteiger partial charge in [-0.1, -0.05) is 12.1 Å². The number of H-pyrrole nitrogens is 2. The molecule has 1 amide bonds. The van der Waals surface area contributed by atoms with Crippen LogP contribution < -0.4 is 0 Å². The van der Waals surface area contributed by atoms with Gasteiger partial charge >= 0.3 is 0 Å². The van der Waals surface area contributed by atoms with Crippen molar-refractivity contribution < 1.29 is 9.18 Å². The van der Waals surface area contributed by atoms with Gasteiger partial charge in [-0.15, -0.1) is 0 Å². The molecule has 1 unspecified atom stereocenters. The molecule has 0 saturated carbocycles. The molecule has 2 aromatic heterocycles. The van der Waals surface area contributed by atoms with E-state index in [-0.39, 0.29) is 11.7 Å². The summed E-state index contributed by atoms with van der Waals surface area (Å²) in [5, 5.41) is 7.69. The number of benzene rings is 1. The summed E-state index contributed by atoms with van der Waals surface area (Å²) in [6.07, 6.45) is 4.73. The van der Waals surface area contributed by atoms with Gasteiger partial charge in [0.05, 0.1) is 5.52 Å². The van der Waals surface area contributed by atoms with Crippen molar-refractivity contribution in [3.63, 3.8) is 0 Å². The van der Waals surface area contributed by atoms with Crippen LogP contribution in [0.5, 0.6) is 0 Å². The Balaban J connectivity index is 1.51. The second kappa shape index (κ2) is 6.11. The third-order valence-corrected chi connectivity index (χ3v) is 4.71. The summed E-state index contributed by atoms with van der Waals surface area (Å²) in [4.78, 5) is 17.6. The molecule has 1 atom stereocenters. The van der Waals surface area contributed by atoms with E-state index in [4.69, 9.17) is 0 Å². The average Bonchev–Trinajstić information content (AvgIpc) is 3.24. The summed E-state index contributed by atoms with van der Waals surface area (Å²) in [6.45, 7) is 1.46. The molecular weight excluding hydrogens is 307 g/mol. The number of amides is 1. The molecule has 5 nitrogen and oxygen atoms in total. The fraction of sp³-hybridized carbons (Fsp3) is 0.333. The number of para-hydroxylation sites is 1. The van der Waals surface area contributed by atoms with Crippen LogP contribution in [0.3, 0.4) is 0 Å². The third-order valence-electron chi connectivity index (χ3n) is 4.71. The van der Waals surface area contributed by atoms with E-state index in [2.05, 4.69) is 15.2 Å². The Kier molecular flexibility index (Phi) is 3.80. The molecule has 0 aliphatic carbocycles. The van der Waals surface area contributed by atoms with E-state index in [0.717, 1.165) is 43.4 Å². The lowest BCUT2D eigenvalue weighted by molar-refractivity contribution is 0.0668. The predicted molar refractivity (Wildman–Crippen MR) is 89.2 cm³/mol. The Hall–Kier alpha value is -2.63. The average molecular weight is 326 g/mol. The second-order valence-electron chi connectivity index (χ2n) is 6.43. The van der Waals surface area contributed by atoms with E-state index in [0.29, 0.717) is 17.1 Å². The number of halogens is 1. The van der Waals surface area contributed by atoms with E-state index in [1.54, 1.807) is 18.3 Å². The zero-order valence-corrected chi connectivity index (χ0v) is 13.3. The van der Waals surface area contributed by atoms with Crippen LogP contribution in [0.25, 0.3) is 10.9 Å². The lowest BCUT2D eigenvalue weighted by atomic mass is 9.93. The molecule has 0 bridgehead atoms. The predicted octanol–water partition coefficient (Wildman–Crippen LogP) is 3.13. The maximum Gasteiger partial charge on any atom is 0.270 e. The maximum absolute atomic E-state index is 13.8. The molecule has 1 fully saturated rings. The van der Waals surface area contributed by atoms with Crippen LogP contribution in [-0.2, 0) is 6.42 Å². The van der Waals surface area contributed by atoms with E-state index in [1.165, 1.54) is 6.07 Å². The highest BCUT2D eigenvalue weighted by molar-refractivity contribution is 5.98. The summed E-state index contributed by atoms with van der Waals surface area (Å²) in [5.41, 5.74) is 1.95. The Labute approximate surface area is 138 Å². The van der Waals surface area contributed by atoms with E-state index in [9.17, 15) is 9.18 Å². The minimum atomic E-state index is -0.331. The van der Waals surface area contributed by atoms with Gasteiger partial charge in [0.25, 0.3) is 5.91 Å². The first-order chi connectivity index (χ1) is 11.7. The highest BCUT2D eigenvalue weighted by Crippen LogP contribution is 2.23. The number of hydrogen-bond acceptors (Lipinski definition) is 2. The van der Waals surface area contributed by atoms with Gasteiger partial charge in [-0.2, -0.15) is 5.10 Å². The van der Waals surface area contributed by atoms with Crippen LogP contribution in [0.15, 0.2) is 36.5 Å². The number of likely N-dealkylation sites (tertiary alicyclic amines) is 1. The number of nitrogens with zero attached hydrogens (tertiary/aromatic N) is 2. The van der Waals surface area contributed by atoms with Gasteiger partial charge < -0.3 is 9.88 Å². The number of aromatic amines is 2. The number of carbonyl (C=O) groups excluding carboxylic acids is 1. The van der Waals surface area contributed by atoms with Crippen molar-refractivity contribution in [1.29, 1.82) is 0 Å². The maximum atomic E-state index is 13.8. The van der Waals surface area contributed by atoms with Crippen LogP contribution in [0.2, 0.25) is 0 Å². The van der Waals surface area contributed by atoms with Crippen molar-refractivity contribution in [2.45, 2.75) is 19.3 Å². The van der Waals surface area contributed by atoms with E-state index < -0.39 is 0 Å². The van der Waals surface area contributed by atoms with E-state index in [1.807, 2.05) is 17.0 Å². The molecule has 24 heavy (non-hydrogen) atoms. The standard InChI is InChI=1S/C18H19FN4O/c19-15-5-1-4-13-10-16(21-17(13)15)18(24)23-8-2-3-12(11-23)9-14-6-7-20-22-14/h1,4-7,10,12,21H,2-3,8-9,11H2,(H,20,22). The molecule has 1 aromatic carbocycles. The number of fused-ring (bicyclic) bond motifs is 1. The smallest absolute Gasteiger partial charge is 0.270 e. The van der Waals surface area contributed by atoms with Gasteiger partial charge in [-0.25, -0.2) is 4.39 Å². The monoisotopic (exact) mass is 326 g/mol. The van der Waals surface area contributed by atoms with E-state index >= 15 is 0 Å². The first-order valence-corrected chi connectivity index (χ1v) is 8.25. The number of nitrogens with one attached hydrogen (secondary N) is 2. The first kappa shape index (κ1) is 14.9. The highest BCUT2D eigenvalue weighted by Gasteiger charge is 2.26. The molecule has 1 aliphatic heterocycles. The summed E-state index contributed by atoms with van der Waals surface area (Å²) >= 11 is 0. The van der Waals surface area contributed by atoms with Crippen molar-refractivity contribution >= 4 is 16.8 Å². The Morgan fingerprint density at radius 2 is 2.29 bits per heavy atom.